The zero-order valence-electron chi connectivity index (χ0n) is 12.9. The van der Waals surface area contributed by atoms with Crippen molar-refractivity contribution >= 4 is 46.6 Å². The van der Waals surface area contributed by atoms with E-state index >= 15 is 0 Å². The van der Waals surface area contributed by atoms with Crippen LogP contribution >= 0.6 is 35.0 Å². The summed E-state index contributed by atoms with van der Waals surface area (Å²) in [5.41, 5.74) is 2.16. The maximum absolute atomic E-state index is 12.6. The number of anilines is 1. The predicted molar refractivity (Wildman–Crippen MR) is 102 cm³/mol. The first-order valence-corrected chi connectivity index (χ1v) is 9.11. The molecule has 4 nitrogen and oxygen atoms in total. The Labute approximate surface area is 159 Å². The lowest BCUT2D eigenvalue weighted by Crippen LogP contribution is -2.13. The minimum absolute atomic E-state index is 0.231. The first kappa shape index (κ1) is 17.7. The molecule has 0 aliphatic rings. The van der Waals surface area contributed by atoms with Crippen molar-refractivity contribution in [1.82, 2.24) is 9.97 Å². The van der Waals surface area contributed by atoms with Crippen molar-refractivity contribution in [3.05, 3.63) is 82.2 Å². The Morgan fingerprint density at radius 2 is 1.92 bits per heavy atom. The van der Waals surface area contributed by atoms with Gasteiger partial charge in [-0.15, -0.1) is 11.8 Å². The van der Waals surface area contributed by atoms with Gasteiger partial charge in [0.2, 0.25) is 0 Å². The summed E-state index contributed by atoms with van der Waals surface area (Å²) in [5.74, 6) is 0.405. The van der Waals surface area contributed by atoms with Gasteiger partial charge in [-0.05, 0) is 48.0 Å². The molecule has 0 spiro atoms. The second kappa shape index (κ2) is 8.34. The van der Waals surface area contributed by atoms with Crippen molar-refractivity contribution in [2.24, 2.45) is 0 Å². The van der Waals surface area contributed by atoms with Crippen LogP contribution in [0.15, 0.2) is 66.0 Å². The molecule has 0 saturated heterocycles. The quantitative estimate of drug-likeness (QED) is 0.473. The van der Waals surface area contributed by atoms with Gasteiger partial charge in [-0.3, -0.25) is 4.79 Å². The Bertz CT molecular complexity index is 905. The highest BCUT2D eigenvalue weighted by molar-refractivity contribution is 7.98. The normalized spacial score (nSPS) is 10.5. The van der Waals surface area contributed by atoms with Crippen LogP contribution in [0.5, 0.6) is 0 Å². The van der Waals surface area contributed by atoms with Crippen LogP contribution in [0.25, 0.3) is 0 Å². The molecule has 0 unspecified atom stereocenters. The minimum atomic E-state index is -0.231. The topological polar surface area (TPSA) is 54.9 Å². The molecule has 0 fully saturated rings. The summed E-state index contributed by atoms with van der Waals surface area (Å²) >= 11 is 13.3. The standard InChI is InChI=1S/C18H13Cl2N3OS/c19-13-3-1-4-14(10-13)23-17(24)15-5-2-7-22-18(15)25-11-12-6-8-21-16(20)9-12/h1-10H,11H2,(H,23,24). The summed E-state index contributed by atoms with van der Waals surface area (Å²) in [5, 5.41) is 4.49. The number of hydrogen-bond donors (Lipinski definition) is 1. The van der Waals surface area contributed by atoms with Crippen LogP contribution in [0.1, 0.15) is 15.9 Å². The van der Waals surface area contributed by atoms with Crippen molar-refractivity contribution in [1.29, 1.82) is 0 Å². The lowest BCUT2D eigenvalue weighted by molar-refractivity contribution is 0.102. The summed E-state index contributed by atoms with van der Waals surface area (Å²) in [7, 11) is 0. The molecular weight excluding hydrogens is 377 g/mol. The molecule has 0 bridgehead atoms. The van der Waals surface area contributed by atoms with Gasteiger partial charge in [0.1, 0.15) is 10.2 Å². The molecule has 1 aromatic carbocycles. The summed E-state index contributed by atoms with van der Waals surface area (Å²) in [4.78, 5) is 20.9. The Kier molecular flexibility index (Phi) is 5.91. The summed E-state index contributed by atoms with van der Waals surface area (Å²) in [6.45, 7) is 0. The Morgan fingerprint density at radius 1 is 1.04 bits per heavy atom. The fraction of sp³-hybridized carbons (Fsp3) is 0.0556. The van der Waals surface area contributed by atoms with Gasteiger partial charge < -0.3 is 5.32 Å². The third kappa shape index (κ3) is 4.95. The van der Waals surface area contributed by atoms with E-state index in [9.17, 15) is 4.79 Å². The minimum Gasteiger partial charge on any atom is -0.322 e. The van der Waals surface area contributed by atoms with Gasteiger partial charge in [0.05, 0.1) is 5.56 Å². The molecule has 3 rings (SSSR count). The maximum Gasteiger partial charge on any atom is 0.258 e. The van der Waals surface area contributed by atoms with Crippen molar-refractivity contribution in [2.75, 3.05) is 5.32 Å². The van der Waals surface area contributed by atoms with Crippen LogP contribution in [-0.2, 0) is 5.75 Å². The van der Waals surface area contributed by atoms with E-state index in [2.05, 4.69) is 15.3 Å². The average Bonchev–Trinajstić information content (AvgIpc) is 2.60. The Hall–Kier alpha value is -2.08. The number of carbonyl (C=O) groups excluding carboxylic acids is 1. The highest BCUT2D eigenvalue weighted by atomic mass is 35.5. The molecule has 3 aromatic rings. The molecule has 1 N–H and O–H groups in total. The van der Waals surface area contributed by atoms with E-state index < -0.39 is 0 Å². The molecule has 7 heteroatoms. The third-order valence-corrected chi connectivity index (χ3v) is 4.78. The van der Waals surface area contributed by atoms with Gasteiger partial charge in [-0.25, -0.2) is 9.97 Å². The Morgan fingerprint density at radius 3 is 2.72 bits per heavy atom. The molecular formula is C18H13Cl2N3OS. The highest BCUT2D eigenvalue weighted by Gasteiger charge is 2.13. The number of nitrogens with one attached hydrogen (secondary N) is 1. The molecule has 1 amide bonds. The molecule has 0 atom stereocenters. The van der Waals surface area contributed by atoms with Gasteiger partial charge in [0, 0.05) is 28.9 Å². The van der Waals surface area contributed by atoms with E-state index in [0.29, 0.717) is 32.2 Å². The number of pyridine rings is 2. The summed E-state index contributed by atoms with van der Waals surface area (Å²) < 4.78 is 0. The molecule has 126 valence electrons. The predicted octanol–water partition coefficient (Wildman–Crippen LogP) is 5.33. The van der Waals surface area contributed by atoms with E-state index in [4.69, 9.17) is 23.2 Å². The highest BCUT2D eigenvalue weighted by Crippen LogP contribution is 2.26. The number of thioether (sulfide) groups is 1. The lowest BCUT2D eigenvalue weighted by atomic mass is 10.2. The van der Waals surface area contributed by atoms with Gasteiger partial charge in [0.15, 0.2) is 0 Å². The second-order valence-electron chi connectivity index (χ2n) is 5.10. The monoisotopic (exact) mass is 389 g/mol. The van der Waals surface area contributed by atoms with Crippen LogP contribution in [0, 0.1) is 0 Å². The van der Waals surface area contributed by atoms with E-state index in [-0.39, 0.29) is 5.91 Å². The molecule has 25 heavy (non-hydrogen) atoms. The number of amides is 1. The number of hydrogen-bond acceptors (Lipinski definition) is 4. The number of nitrogens with zero attached hydrogens (tertiary/aromatic N) is 2. The van der Waals surface area contributed by atoms with Gasteiger partial charge >= 0.3 is 0 Å². The fourth-order valence-corrected chi connectivity index (χ4v) is 3.45. The van der Waals surface area contributed by atoms with E-state index in [1.54, 1.807) is 54.9 Å². The maximum atomic E-state index is 12.6. The average molecular weight is 390 g/mol. The van der Waals surface area contributed by atoms with E-state index in [1.807, 2.05) is 6.07 Å². The van der Waals surface area contributed by atoms with Crippen molar-refractivity contribution < 1.29 is 4.79 Å². The smallest absolute Gasteiger partial charge is 0.258 e. The number of halogens is 2. The first-order valence-electron chi connectivity index (χ1n) is 7.37. The van der Waals surface area contributed by atoms with Crippen LogP contribution in [0.2, 0.25) is 10.2 Å². The van der Waals surface area contributed by atoms with Gasteiger partial charge in [-0.2, -0.15) is 0 Å². The largest absolute Gasteiger partial charge is 0.322 e. The SMILES string of the molecule is O=C(Nc1cccc(Cl)c1)c1cccnc1SCc1ccnc(Cl)c1. The molecule has 0 aliphatic carbocycles. The zero-order valence-corrected chi connectivity index (χ0v) is 15.3. The molecule has 0 aliphatic heterocycles. The third-order valence-electron chi connectivity index (χ3n) is 3.26. The van der Waals surface area contributed by atoms with Crippen molar-refractivity contribution in [3.63, 3.8) is 0 Å². The summed E-state index contributed by atoms with van der Waals surface area (Å²) in [6.07, 6.45) is 3.32. The summed E-state index contributed by atoms with van der Waals surface area (Å²) in [6, 6.07) is 14.2. The van der Waals surface area contributed by atoms with Crippen LogP contribution in [0.4, 0.5) is 5.69 Å². The van der Waals surface area contributed by atoms with Gasteiger partial charge in [-0.1, -0.05) is 29.3 Å². The van der Waals surface area contributed by atoms with E-state index in [1.165, 1.54) is 11.8 Å². The molecule has 0 radical (unpaired) electrons. The van der Waals surface area contributed by atoms with Crippen LogP contribution in [-0.4, -0.2) is 15.9 Å². The number of carbonyl (C=O) groups is 1. The number of rotatable bonds is 5. The molecule has 2 heterocycles. The fourth-order valence-electron chi connectivity index (χ4n) is 2.13. The van der Waals surface area contributed by atoms with Crippen LogP contribution < -0.4 is 5.32 Å². The second-order valence-corrected chi connectivity index (χ2v) is 6.88. The number of benzene rings is 1. The van der Waals surface area contributed by atoms with Crippen molar-refractivity contribution in [3.8, 4) is 0 Å². The van der Waals surface area contributed by atoms with Gasteiger partial charge in [0.25, 0.3) is 5.91 Å². The zero-order chi connectivity index (χ0) is 17.6. The first-order chi connectivity index (χ1) is 12.1. The van der Waals surface area contributed by atoms with Crippen molar-refractivity contribution in [2.45, 2.75) is 10.8 Å². The van der Waals surface area contributed by atoms with E-state index in [0.717, 1.165) is 5.56 Å². The van der Waals surface area contributed by atoms with Crippen LogP contribution in [0.3, 0.4) is 0 Å². The lowest BCUT2D eigenvalue weighted by Gasteiger charge is -2.09. The Balaban J connectivity index is 1.75. The molecule has 2 aromatic heterocycles. The molecule has 0 saturated carbocycles. The number of aromatic nitrogens is 2.